The zero-order chi connectivity index (χ0) is 13.8. The van der Waals surface area contributed by atoms with Crippen molar-refractivity contribution in [2.45, 2.75) is 26.8 Å². The van der Waals surface area contributed by atoms with Crippen LogP contribution in [0.3, 0.4) is 0 Å². The lowest BCUT2D eigenvalue weighted by molar-refractivity contribution is 0.340. The number of ether oxygens (including phenoxy) is 1. The Morgan fingerprint density at radius 3 is 2.47 bits per heavy atom. The maximum Gasteiger partial charge on any atom is 0.254 e. The lowest BCUT2D eigenvalue weighted by Gasteiger charge is -2.09. The molecular weight excluding hydrogens is 240 g/mol. The Labute approximate surface area is 112 Å². The van der Waals surface area contributed by atoms with Gasteiger partial charge < -0.3 is 4.74 Å². The predicted molar refractivity (Wildman–Crippen MR) is 75.5 cm³/mol. The summed E-state index contributed by atoms with van der Waals surface area (Å²) < 4.78 is 6.99. The maximum atomic E-state index is 11.9. The van der Waals surface area contributed by atoms with Crippen molar-refractivity contribution < 1.29 is 4.74 Å². The summed E-state index contributed by atoms with van der Waals surface area (Å²) in [6.45, 7) is 6.50. The van der Waals surface area contributed by atoms with Crippen LogP contribution in [0, 0.1) is 0 Å². The molecule has 0 aliphatic carbocycles. The van der Waals surface area contributed by atoms with Crippen molar-refractivity contribution >= 4 is 0 Å². The number of hydrogen-bond acceptors (Lipinski definition) is 3. The van der Waals surface area contributed by atoms with Crippen molar-refractivity contribution in [2.24, 2.45) is 0 Å². The predicted octanol–water partition coefficient (Wildman–Crippen LogP) is 2.89. The Morgan fingerprint density at radius 1 is 1.26 bits per heavy atom. The van der Waals surface area contributed by atoms with Crippen molar-refractivity contribution in [1.29, 1.82) is 0 Å². The Balaban J connectivity index is 2.32. The van der Waals surface area contributed by atoms with Gasteiger partial charge in [0.15, 0.2) is 0 Å². The Bertz CT molecular complexity index is 600. The minimum absolute atomic E-state index is 0.0334. The van der Waals surface area contributed by atoms with Gasteiger partial charge in [0.25, 0.3) is 5.56 Å². The molecule has 0 spiro atoms. The second-order valence-corrected chi connectivity index (χ2v) is 4.57. The molecule has 0 aliphatic rings. The molecule has 1 heterocycles. The van der Waals surface area contributed by atoms with Crippen LogP contribution in [0.1, 0.15) is 26.8 Å². The van der Waals surface area contributed by atoms with E-state index in [1.165, 1.54) is 0 Å². The first kappa shape index (κ1) is 13.3. The van der Waals surface area contributed by atoms with E-state index in [2.05, 4.69) is 4.98 Å². The van der Waals surface area contributed by atoms with Crippen LogP contribution in [0.2, 0.25) is 0 Å². The summed E-state index contributed by atoms with van der Waals surface area (Å²) in [4.78, 5) is 16.3. The van der Waals surface area contributed by atoms with Crippen LogP contribution in [-0.2, 0) is 0 Å². The molecule has 100 valence electrons. The van der Waals surface area contributed by atoms with E-state index in [0.717, 1.165) is 11.3 Å². The normalized spacial score (nSPS) is 10.7. The molecule has 0 radical (unpaired) electrons. The van der Waals surface area contributed by atoms with E-state index in [1.807, 2.05) is 45.0 Å². The summed E-state index contributed by atoms with van der Waals surface area (Å²) in [5.74, 6) is 0.821. The summed E-state index contributed by atoms with van der Waals surface area (Å²) in [6.07, 6.45) is 1.60. The van der Waals surface area contributed by atoms with E-state index in [0.29, 0.717) is 12.3 Å². The van der Waals surface area contributed by atoms with E-state index in [1.54, 1.807) is 17.0 Å². The Kier molecular flexibility index (Phi) is 4.00. The van der Waals surface area contributed by atoms with Gasteiger partial charge in [0.1, 0.15) is 5.75 Å². The van der Waals surface area contributed by atoms with Crippen molar-refractivity contribution in [1.82, 2.24) is 9.55 Å². The Morgan fingerprint density at radius 2 is 1.95 bits per heavy atom. The van der Waals surface area contributed by atoms with E-state index in [9.17, 15) is 4.79 Å². The molecule has 4 heteroatoms. The van der Waals surface area contributed by atoms with Gasteiger partial charge in [0.2, 0.25) is 0 Å². The molecule has 0 saturated heterocycles. The molecule has 0 aliphatic heterocycles. The van der Waals surface area contributed by atoms with Crippen LogP contribution >= 0.6 is 0 Å². The van der Waals surface area contributed by atoms with Gasteiger partial charge in [-0.05, 0) is 45.0 Å². The maximum absolute atomic E-state index is 11.9. The lowest BCUT2D eigenvalue weighted by atomic mass is 10.1. The van der Waals surface area contributed by atoms with Crippen LogP contribution in [0.5, 0.6) is 5.75 Å². The van der Waals surface area contributed by atoms with Gasteiger partial charge in [-0.15, -0.1) is 0 Å². The molecule has 0 amide bonds. The molecule has 0 saturated carbocycles. The minimum atomic E-state index is -0.0334. The highest BCUT2D eigenvalue weighted by Gasteiger charge is 2.05. The first-order chi connectivity index (χ1) is 9.11. The van der Waals surface area contributed by atoms with Crippen molar-refractivity contribution in [3.63, 3.8) is 0 Å². The van der Waals surface area contributed by atoms with Gasteiger partial charge in [0.05, 0.1) is 18.6 Å². The quantitative estimate of drug-likeness (QED) is 0.847. The SMILES string of the molecule is CCOc1ccc(-c2cc(=O)n(C(C)C)cn2)cc1. The van der Waals surface area contributed by atoms with Gasteiger partial charge in [-0.1, -0.05) is 0 Å². The number of benzene rings is 1. The van der Waals surface area contributed by atoms with Crippen molar-refractivity contribution in [2.75, 3.05) is 6.61 Å². The van der Waals surface area contributed by atoms with Gasteiger partial charge in [-0.3, -0.25) is 9.36 Å². The molecule has 1 aromatic carbocycles. The molecule has 0 unspecified atom stereocenters. The first-order valence-corrected chi connectivity index (χ1v) is 6.43. The van der Waals surface area contributed by atoms with Crippen LogP contribution in [0.4, 0.5) is 0 Å². The van der Waals surface area contributed by atoms with Gasteiger partial charge in [-0.25, -0.2) is 4.98 Å². The third-order valence-corrected chi connectivity index (χ3v) is 2.85. The van der Waals surface area contributed by atoms with Gasteiger partial charge >= 0.3 is 0 Å². The largest absolute Gasteiger partial charge is 0.494 e. The van der Waals surface area contributed by atoms with E-state index >= 15 is 0 Å². The molecule has 2 rings (SSSR count). The first-order valence-electron chi connectivity index (χ1n) is 6.43. The fraction of sp³-hybridized carbons (Fsp3) is 0.333. The minimum Gasteiger partial charge on any atom is -0.494 e. The summed E-state index contributed by atoms with van der Waals surface area (Å²) >= 11 is 0. The van der Waals surface area contributed by atoms with E-state index < -0.39 is 0 Å². The molecule has 19 heavy (non-hydrogen) atoms. The topological polar surface area (TPSA) is 44.1 Å². The summed E-state index contributed by atoms with van der Waals surface area (Å²) in [5.41, 5.74) is 1.57. The summed E-state index contributed by atoms with van der Waals surface area (Å²) in [7, 11) is 0. The highest BCUT2D eigenvalue weighted by Crippen LogP contribution is 2.19. The summed E-state index contributed by atoms with van der Waals surface area (Å²) in [5, 5.41) is 0. The molecule has 0 N–H and O–H groups in total. The smallest absolute Gasteiger partial charge is 0.254 e. The van der Waals surface area contributed by atoms with Crippen LogP contribution in [-0.4, -0.2) is 16.2 Å². The zero-order valence-electron chi connectivity index (χ0n) is 11.5. The highest BCUT2D eigenvalue weighted by atomic mass is 16.5. The number of rotatable bonds is 4. The average Bonchev–Trinajstić information content (AvgIpc) is 2.39. The van der Waals surface area contributed by atoms with E-state index in [-0.39, 0.29) is 11.6 Å². The van der Waals surface area contributed by atoms with Crippen LogP contribution in [0.25, 0.3) is 11.3 Å². The average molecular weight is 258 g/mol. The summed E-state index contributed by atoms with van der Waals surface area (Å²) in [6, 6.07) is 9.27. The molecule has 4 nitrogen and oxygen atoms in total. The van der Waals surface area contributed by atoms with Crippen molar-refractivity contribution in [3.8, 4) is 17.0 Å². The van der Waals surface area contributed by atoms with Gasteiger partial charge in [-0.2, -0.15) is 0 Å². The fourth-order valence-corrected chi connectivity index (χ4v) is 1.84. The lowest BCUT2D eigenvalue weighted by Crippen LogP contribution is -2.21. The Hall–Kier alpha value is -2.10. The van der Waals surface area contributed by atoms with Gasteiger partial charge in [0, 0.05) is 17.7 Å². The van der Waals surface area contributed by atoms with Crippen LogP contribution < -0.4 is 10.3 Å². The molecule has 0 atom stereocenters. The number of aromatic nitrogens is 2. The third kappa shape index (κ3) is 3.02. The third-order valence-electron chi connectivity index (χ3n) is 2.85. The standard InChI is InChI=1S/C15H18N2O2/c1-4-19-13-7-5-12(6-8-13)14-9-15(18)17(10-16-14)11(2)3/h5-11H,4H2,1-3H3. The fourth-order valence-electron chi connectivity index (χ4n) is 1.84. The van der Waals surface area contributed by atoms with Crippen molar-refractivity contribution in [3.05, 3.63) is 47.0 Å². The number of nitrogens with zero attached hydrogens (tertiary/aromatic N) is 2. The van der Waals surface area contributed by atoms with E-state index in [4.69, 9.17) is 4.74 Å². The molecule has 1 aromatic heterocycles. The number of hydrogen-bond donors (Lipinski definition) is 0. The second kappa shape index (κ2) is 5.69. The molecule has 0 fully saturated rings. The zero-order valence-corrected chi connectivity index (χ0v) is 11.5. The monoisotopic (exact) mass is 258 g/mol. The molecular formula is C15H18N2O2. The highest BCUT2D eigenvalue weighted by molar-refractivity contribution is 5.59. The van der Waals surface area contributed by atoms with Crippen LogP contribution in [0.15, 0.2) is 41.5 Å². The molecule has 2 aromatic rings. The molecule has 0 bridgehead atoms. The second-order valence-electron chi connectivity index (χ2n) is 4.57.